The van der Waals surface area contributed by atoms with Gasteiger partial charge in [-0.25, -0.2) is 4.79 Å². The highest BCUT2D eigenvalue weighted by Gasteiger charge is 2.28. The number of nitrogens with one attached hydrogen (secondary N) is 2. The second kappa shape index (κ2) is 6.86. The average Bonchev–Trinajstić information content (AvgIpc) is 3.05. The molecule has 0 radical (unpaired) electrons. The monoisotopic (exact) mass is 340 g/mol. The highest BCUT2D eigenvalue weighted by atomic mass is 16.5. The minimum atomic E-state index is -1.33. The number of amides is 2. The molecular formula is C19H20N2O4. The van der Waals surface area contributed by atoms with E-state index in [0.717, 1.165) is 5.39 Å². The Hall–Kier alpha value is -2.99. The summed E-state index contributed by atoms with van der Waals surface area (Å²) >= 11 is 0. The average molecular weight is 340 g/mol. The van der Waals surface area contributed by atoms with Gasteiger partial charge in [0.15, 0.2) is 0 Å². The number of anilines is 1. The first-order valence-electron chi connectivity index (χ1n) is 7.88. The number of methoxy groups -OCH3 is 1. The van der Waals surface area contributed by atoms with Crippen molar-refractivity contribution in [3.63, 3.8) is 0 Å². The first kappa shape index (κ1) is 16.9. The van der Waals surface area contributed by atoms with Gasteiger partial charge in [-0.1, -0.05) is 24.3 Å². The van der Waals surface area contributed by atoms with Crippen LogP contribution in [0.5, 0.6) is 5.75 Å². The minimum absolute atomic E-state index is 0.00260. The van der Waals surface area contributed by atoms with E-state index in [-0.39, 0.29) is 6.54 Å². The summed E-state index contributed by atoms with van der Waals surface area (Å²) < 4.78 is 10.8. The van der Waals surface area contributed by atoms with E-state index in [4.69, 9.17) is 9.15 Å². The van der Waals surface area contributed by atoms with Gasteiger partial charge in [-0.2, -0.15) is 0 Å². The Morgan fingerprint density at radius 3 is 2.76 bits per heavy atom. The zero-order valence-electron chi connectivity index (χ0n) is 14.1. The van der Waals surface area contributed by atoms with E-state index in [2.05, 4.69) is 10.6 Å². The van der Waals surface area contributed by atoms with E-state index in [9.17, 15) is 9.90 Å². The van der Waals surface area contributed by atoms with Crippen LogP contribution in [0.2, 0.25) is 0 Å². The second-order valence-corrected chi connectivity index (χ2v) is 5.96. The van der Waals surface area contributed by atoms with Crippen molar-refractivity contribution >= 4 is 22.7 Å². The van der Waals surface area contributed by atoms with Crippen molar-refractivity contribution in [2.75, 3.05) is 19.0 Å². The zero-order valence-corrected chi connectivity index (χ0v) is 14.1. The lowest BCUT2D eigenvalue weighted by atomic mass is 10.0. The number of rotatable bonds is 5. The van der Waals surface area contributed by atoms with Crippen LogP contribution in [0.1, 0.15) is 12.7 Å². The predicted molar refractivity (Wildman–Crippen MR) is 95.8 cm³/mol. The van der Waals surface area contributed by atoms with E-state index >= 15 is 0 Å². The number of furan rings is 1. The highest BCUT2D eigenvalue weighted by Crippen LogP contribution is 2.27. The molecule has 2 amide bonds. The Bertz CT molecular complexity index is 853. The van der Waals surface area contributed by atoms with Gasteiger partial charge in [0.05, 0.1) is 13.7 Å². The summed E-state index contributed by atoms with van der Waals surface area (Å²) in [6.45, 7) is 1.60. The van der Waals surface area contributed by atoms with Crippen LogP contribution in [0.15, 0.2) is 59.0 Å². The Balaban J connectivity index is 1.63. The molecule has 1 aromatic heterocycles. The lowest BCUT2D eigenvalue weighted by Crippen LogP contribution is -2.40. The van der Waals surface area contributed by atoms with Crippen LogP contribution in [-0.4, -0.2) is 24.8 Å². The van der Waals surface area contributed by atoms with Crippen molar-refractivity contribution in [2.45, 2.75) is 12.5 Å². The number of para-hydroxylation sites is 1. The van der Waals surface area contributed by atoms with Gasteiger partial charge in [-0.15, -0.1) is 0 Å². The van der Waals surface area contributed by atoms with Crippen LogP contribution in [-0.2, 0) is 5.60 Å². The van der Waals surface area contributed by atoms with E-state index in [1.54, 1.807) is 44.4 Å². The minimum Gasteiger partial charge on any atom is -0.497 e. The van der Waals surface area contributed by atoms with Gasteiger partial charge in [0.2, 0.25) is 0 Å². The standard InChI is InChI=1S/C19H20N2O4/c1-19(23,17-10-13-6-3-4-9-16(13)25-17)12-20-18(22)21-14-7-5-8-15(11-14)24-2/h3-11,23H,12H2,1-2H3,(H2,20,21,22). The molecule has 0 aliphatic rings. The SMILES string of the molecule is COc1cccc(NC(=O)NCC(C)(O)c2cc3ccccc3o2)c1. The van der Waals surface area contributed by atoms with Gasteiger partial charge in [-0.05, 0) is 31.2 Å². The first-order chi connectivity index (χ1) is 12.0. The summed E-state index contributed by atoms with van der Waals surface area (Å²) in [5, 5.41) is 16.9. The molecule has 0 saturated carbocycles. The van der Waals surface area contributed by atoms with Crippen molar-refractivity contribution in [1.82, 2.24) is 5.32 Å². The fourth-order valence-electron chi connectivity index (χ4n) is 2.46. The number of carbonyl (C=O) groups is 1. The fourth-order valence-corrected chi connectivity index (χ4v) is 2.46. The Kier molecular flexibility index (Phi) is 4.63. The molecular weight excluding hydrogens is 320 g/mol. The molecule has 3 rings (SSSR count). The van der Waals surface area contributed by atoms with Crippen LogP contribution >= 0.6 is 0 Å². The summed E-state index contributed by atoms with van der Waals surface area (Å²) in [4.78, 5) is 12.1. The topological polar surface area (TPSA) is 83.7 Å². The number of benzene rings is 2. The van der Waals surface area contributed by atoms with Gasteiger partial charge in [0, 0.05) is 17.1 Å². The quantitative estimate of drug-likeness (QED) is 0.664. The molecule has 1 heterocycles. The number of hydrogen-bond donors (Lipinski definition) is 3. The molecule has 1 unspecified atom stereocenters. The molecule has 6 nitrogen and oxygen atoms in total. The number of aliphatic hydroxyl groups is 1. The third kappa shape index (κ3) is 3.92. The lowest BCUT2D eigenvalue weighted by molar-refractivity contribution is 0.0388. The van der Waals surface area contributed by atoms with Gasteiger partial charge < -0.3 is 24.9 Å². The van der Waals surface area contributed by atoms with Gasteiger partial charge in [-0.3, -0.25) is 0 Å². The van der Waals surface area contributed by atoms with Gasteiger partial charge in [0.1, 0.15) is 22.7 Å². The molecule has 0 saturated heterocycles. The molecule has 1 atom stereocenters. The van der Waals surface area contributed by atoms with E-state index < -0.39 is 11.6 Å². The first-order valence-corrected chi connectivity index (χ1v) is 7.88. The third-order valence-corrected chi connectivity index (χ3v) is 3.88. The second-order valence-electron chi connectivity index (χ2n) is 5.96. The number of hydrogen-bond acceptors (Lipinski definition) is 4. The summed E-state index contributed by atoms with van der Waals surface area (Å²) in [5.41, 5.74) is -0.0380. The Labute approximate surface area is 145 Å². The van der Waals surface area contributed by atoms with E-state index in [1.807, 2.05) is 24.3 Å². The van der Waals surface area contributed by atoms with Crippen LogP contribution in [0.4, 0.5) is 10.5 Å². The molecule has 2 aromatic carbocycles. The van der Waals surface area contributed by atoms with Crippen molar-refractivity contribution in [3.05, 3.63) is 60.4 Å². The molecule has 0 aliphatic heterocycles. The summed E-state index contributed by atoms with van der Waals surface area (Å²) in [6.07, 6.45) is 0. The molecule has 0 aliphatic carbocycles. The third-order valence-electron chi connectivity index (χ3n) is 3.88. The molecule has 130 valence electrons. The normalized spacial score (nSPS) is 13.2. The molecule has 6 heteroatoms. The molecule has 3 aromatic rings. The maximum Gasteiger partial charge on any atom is 0.319 e. The molecule has 3 N–H and O–H groups in total. The smallest absolute Gasteiger partial charge is 0.319 e. The number of fused-ring (bicyclic) bond motifs is 1. The van der Waals surface area contributed by atoms with E-state index in [1.165, 1.54) is 0 Å². The van der Waals surface area contributed by atoms with Crippen molar-refractivity contribution < 1.29 is 19.1 Å². The van der Waals surface area contributed by atoms with Crippen LogP contribution in [0, 0.1) is 0 Å². The van der Waals surface area contributed by atoms with Crippen molar-refractivity contribution in [2.24, 2.45) is 0 Å². The maximum atomic E-state index is 12.1. The molecule has 0 fully saturated rings. The lowest BCUT2D eigenvalue weighted by Gasteiger charge is -2.21. The van der Waals surface area contributed by atoms with Gasteiger partial charge in [0.25, 0.3) is 0 Å². The van der Waals surface area contributed by atoms with Crippen molar-refractivity contribution in [3.8, 4) is 5.75 Å². The summed E-state index contributed by atoms with van der Waals surface area (Å²) in [6, 6.07) is 15.9. The summed E-state index contributed by atoms with van der Waals surface area (Å²) in [5.74, 6) is 1.04. The van der Waals surface area contributed by atoms with Crippen molar-refractivity contribution in [1.29, 1.82) is 0 Å². The van der Waals surface area contributed by atoms with E-state index in [0.29, 0.717) is 22.8 Å². The highest BCUT2D eigenvalue weighted by molar-refractivity contribution is 5.89. The Morgan fingerprint density at radius 2 is 2.00 bits per heavy atom. The number of ether oxygens (including phenoxy) is 1. The van der Waals surface area contributed by atoms with Crippen LogP contribution in [0.25, 0.3) is 11.0 Å². The van der Waals surface area contributed by atoms with Gasteiger partial charge >= 0.3 is 6.03 Å². The largest absolute Gasteiger partial charge is 0.497 e. The summed E-state index contributed by atoms with van der Waals surface area (Å²) in [7, 11) is 1.56. The maximum absolute atomic E-state index is 12.1. The molecule has 0 spiro atoms. The predicted octanol–water partition coefficient (Wildman–Crippen LogP) is 3.47. The Morgan fingerprint density at radius 1 is 1.20 bits per heavy atom. The number of urea groups is 1. The fraction of sp³-hybridized carbons (Fsp3) is 0.211. The zero-order chi connectivity index (χ0) is 17.9. The van der Waals surface area contributed by atoms with Crippen LogP contribution in [0.3, 0.4) is 0 Å². The number of carbonyl (C=O) groups excluding carboxylic acids is 1. The molecule has 0 bridgehead atoms. The van der Waals surface area contributed by atoms with Crippen LogP contribution < -0.4 is 15.4 Å². The molecule has 25 heavy (non-hydrogen) atoms.